The average molecular weight is 681 g/mol. The molecular formula is C34H44N6O9. The first-order valence-electron chi connectivity index (χ1n) is 16.9. The van der Waals surface area contributed by atoms with Gasteiger partial charge in [0.1, 0.15) is 23.5 Å². The highest BCUT2D eigenvalue weighted by molar-refractivity contribution is 5.99. The summed E-state index contributed by atoms with van der Waals surface area (Å²) in [5.74, 6) is -2.09. The van der Waals surface area contributed by atoms with Gasteiger partial charge >= 0.3 is 12.1 Å². The van der Waals surface area contributed by atoms with E-state index in [1.165, 1.54) is 20.8 Å². The van der Waals surface area contributed by atoms with Crippen molar-refractivity contribution in [2.24, 2.45) is 5.92 Å². The van der Waals surface area contributed by atoms with Crippen LogP contribution in [-0.4, -0.2) is 125 Å². The summed E-state index contributed by atoms with van der Waals surface area (Å²) >= 11 is 0. The lowest BCUT2D eigenvalue weighted by Crippen LogP contribution is -2.56. The minimum absolute atomic E-state index is 0.0840. The van der Waals surface area contributed by atoms with Gasteiger partial charge in [0.05, 0.1) is 12.1 Å². The molecule has 0 radical (unpaired) electrons. The van der Waals surface area contributed by atoms with Crippen molar-refractivity contribution in [1.82, 2.24) is 30.3 Å². The number of piperazine rings is 1. The number of likely N-dealkylation sites (tertiary alicyclic amines) is 1. The fraction of sp³-hybridized carbons (Fsp3) is 0.559. The molecule has 15 heteroatoms. The number of aliphatic carboxylic acids is 1. The third-order valence-corrected chi connectivity index (χ3v) is 9.02. The van der Waals surface area contributed by atoms with Gasteiger partial charge in [-0.2, -0.15) is 0 Å². The summed E-state index contributed by atoms with van der Waals surface area (Å²) in [5.41, 5.74) is 1.21. The fourth-order valence-corrected chi connectivity index (χ4v) is 6.09. The predicted molar refractivity (Wildman–Crippen MR) is 176 cm³/mol. The molecule has 3 N–H and O–H groups in total. The van der Waals surface area contributed by atoms with Crippen LogP contribution in [0.15, 0.2) is 24.3 Å². The van der Waals surface area contributed by atoms with Crippen molar-refractivity contribution in [1.29, 1.82) is 0 Å². The quantitative estimate of drug-likeness (QED) is 0.281. The number of rotatable bonds is 13. The Hall–Kier alpha value is -4.95. The molecule has 5 amide bonds. The Morgan fingerprint density at radius 3 is 2.43 bits per heavy atom. The SMILES string of the molecule is CCOC(=O)N1CCN(C(=O)[C@H](CCC(=O)O)NC(=O)c2cc(OCC(=O)N3CCC[C@H]3C(=O)NCC3CC3)c3ccc(C)cc3n2)CC1. The van der Waals surface area contributed by atoms with Crippen molar-refractivity contribution in [2.75, 3.05) is 52.5 Å². The first-order valence-corrected chi connectivity index (χ1v) is 16.9. The number of hydrogen-bond donors (Lipinski definition) is 3. The molecule has 2 atom stereocenters. The minimum Gasteiger partial charge on any atom is -0.483 e. The van der Waals surface area contributed by atoms with Gasteiger partial charge in [0.25, 0.3) is 11.8 Å². The van der Waals surface area contributed by atoms with Crippen LogP contribution in [0.25, 0.3) is 10.9 Å². The van der Waals surface area contributed by atoms with Crippen LogP contribution < -0.4 is 15.4 Å². The van der Waals surface area contributed by atoms with E-state index in [2.05, 4.69) is 15.6 Å². The molecule has 2 aliphatic heterocycles. The first-order chi connectivity index (χ1) is 23.5. The zero-order chi connectivity index (χ0) is 35.1. The van der Waals surface area contributed by atoms with E-state index >= 15 is 0 Å². The number of aromatic nitrogens is 1. The van der Waals surface area contributed by atoms with Gasteiger partial charge in [-0.25, -0.2) is 9.78 Å². The largest absolute Gasteiger partial charge is 0.483 e. The van der Waals surface area contributed by atoms with Crippen LogP contribution in [0, 0.1) is 12.8 Å². The molecule has 0 unspecified atom stereocenters. The molecule has 3 fully saturated rings. The highest BCUT2D eigenvalue weighted by atomic mass is 16.6. The van der Waals surface area contributed by atoms with Crippen LogP contribution in [0.2, 0.25) is 0 Å². The van der Waals surface area contributed by atoms with E-state index in [0.29, 0.717) is 42.8 Å². The minimum atomic E-state index is -1.17. The second-order valence-corrected chi connectivity index (χ2v) is 12.7. The van der Waals surface area contributed by atoms with Gasteiger partial charge in [0, 0.05) is 57.1 Å². The van der Waals surface area contributed by atoms with Crippen LogP contribution in [0.3, 0.4) is 0 Å². The lowest BCUT2D eigenvalue weighted by atomic mass is 10.1. The van der Waals surface area contributed by atoms with Crippen molar-refractivity contribution in [2.45, 2.75) is 64.5 Å². The number of amides is 5. The van der Waals surface area contributed by atoms with E-state index in [9.17, 15) is 33.9 Å². The number of aryl methyl sites for hydroxylation is 1. The highest BCUT2D eigenvalue weighted by Gasteiger charge is 2.35. The van der Waals surface area contributed by atoms with Crippen molar-refractivity contribution in [3.05, 3.63) is 35.5 Å². The Bertz CT molecular complexity index is 1590. The Morgan fingerprint density at radius 1 is 1.00 bits per heavy atom. The van der Waals surface area contributed by atoms with Crippen LogP contribution in [-0.2, 0) is 23.9 Å². The molecular weight excluding hydrogens is 636 g/mol. The highest BCUT2D eigenvalue weighted by Crippen LogP contribution is 2.29. The van der Waals surface area contributed by atoms with Gasteiger partial charge in [-0.3, -0.25) is 24.0 Å². The monoisotopic (exact) mass is 680 g/mol. The third-order valence-electron chi connectivity index (χ3n) is 9.02. The van der Waals surface area contributed by atoms with E-state index in [-0.39, 0.29) is 75.5 Å². The van der Waals surface area contributed by atoms with Crippen LogP contribution in [0.5, 0.6) is 5.75 Å². The van der Waals surface area contributed by atoms with E-state index in [1.54, 1.807) is 19.1 Å². The third kappa shape index (κ3) is 9.15. The number of pyridine rings is 1. The van der Waals surface area contributed by atoms with Gasteiger partial charge < -0.3 is 39.9 Å². The second-order valence-electron chi connectivity index (χ2n) is 12.7. The Morgan fingerprint density at radius 2 is 1.73 bits per heavy atom. The standard InChI is InChI=1S/C34H44N6O9/c1-3-48-34(47)39-15-13-38(14-16-39)33(46)24(10-11-30(42)43)37-31(44)26-18-28(23-9-6-21(2)17-25(23)36-26)49-20-29(41)40-12-4-5-27(40)32(45)35-19-22-7-8-22/h6,9,17-18,22,24,27H,3-5,7-8,10-16,19-20H2,1-2H3,(H,35,45)(H,37,44)(H,42,43)/t24-,27-/m0/s1. The Labute approximate surface area is 284 Å². The molecule has 3 heterocycles. The molecule has 5 rings (SSSR count). The van der Waals surface area contributed by atoms with Gasteiger partial charge in [0.2, 0.25) is 11.8 Å². The van der Waals surface area contributed by atoms with Crippen molar-refractivity contribution >= 4 is 46.6 Å². The molecule has 15 nitrogen and oxygen atoms in total. The summed E-state index contributed by atoms with van der Waals surface area (Å²) in [4.78, 5) is 85.8. The molecule has 2 saturated heterocycles. The Balaban J connectivity index is 1.29. The summed E-state index contributed by atoms with van der Waals surface area (Å²) in [6, 6.07) is 5.05. The van der Waals surface area contributed by atoms with E-state index in [1.807, 2.05) is 13.0 Å². The Kier molecular flexibility index (Phi) is 11.5. The second kappa shape index (κ2) is 16.0. The smallest absolute Gasteiger partial charge is 0.409 e. The summed E-state index contributed by atoms with van der Waals surface area (Å²) in [6.07, 6.45) is 2.50. The number of carboxylic acids is 1. The summed E-state index contributed by atoms with van der Waals surface area (Å²) in [5, 5.41) is 15.5. The number of nitrogens with one attached hydrogen (secondary N) is 2. The van der Waals surface area contributed by atoms with Crippen molar-refractivity contribution in [3.63, 3.8) is 0 Å². The van der Waals surface area contributed by atoms with Crippen LogP contribution in [0.1, 0.15) is 61.5 Å². The first kappa shape index (κ1) is 35.4. The van der Waals surface area contributed by atoms with E-state index < -0.39 is 36.0 Å². The molecule has 3 aliphatic rings. The summed E-state index contributed by atoms with van der Waals surface area (Å²) < 4.78 is 11.0. The van der Waals surface area contributed by atoms with Crippen molar-refractivity contribution < 1.29 is 43.3 Å². The number of benzene rings is 1. The topological polar surface area (TPSA) is 188 Å². The maximum atomic E-state index is 13.6. The zero-order valence-electron chi connectivity index (χ0n) is 27.9. The molecule has 0 spiro atoms. The fourth-order valence-electron chi connectivity index (χ4n) is 6.09. The molecule has 2 aromatic rings. The number of carboxylic acid groups (broad SMARTS) is 1. The lowest BCUT2D eigenvalue weighted by molar-refractivity contribution is -0.140. The molecule has 1 aromatic heterocycles. The number of fused-ring (bicyclic) bond motifs is 1. The number of carbonyl (C=O) groups is 6. The number of nitrogens with zero attached hydrogens (tertiary/aromatic N) is 4. The summed E-state index contributed by atoms with van der Waals surface area (Å²) in [6.45, 7) is 5.35. The van der Waals surface area contributed by atoms with Crippen LogP contribution >= 0.6 is 0 Å². The normalized spacial score (nSPS) is 18.2. The van der Waals surface area contributed by atoms with E-state index in [4.69, 9.17) is 9.47 Å². The van der Waals surface area contributed by atoms with Gasteiger partial charge in [-0.05, 0) is 69.6 Å². The molecule has 264 valence electrons. The number of hydrogen-bond acceptors (Lipinski definition) is 9. The predicted octanol–water partition coefficient (Wildman–Crippen LogP) is 1.70. The lowest BCUT2D eigenvalue weighted by Gasteiger charge is -2.35. The molecule has 1 aromatic carbocycles. The molecule has 0 bridgehead atoms. The molecule has 1 saturated carbocycles. The van der Waals surface area contributed by atoms with Gasteiger partial charge in [0.15, 0.2) is 6.61 Å². The maximum Gasteiger partial charge on any atom is 0.409 e. The van der Waals surface area contributed by atoms with Crippen LogP contribution in [0.4, 0.5) is 4.79 Å². The number of ether oxygens (including phenoxy) is 2. The van der Waals surface area contributed by atoms with Gasteiger partial charge in [-0.1, -0.05) is 6.07 Å². The zero-order valence-corrected chi connectivity index (χ0v) is 27.9. The molecule has 1 aliphatic carbocycles. The van der Waals surface area contributed by atoms with E-state index in [0.717, 1.165) is 18.4 Å². The molecule has 49 heavy (non-hydrogen) atoms. The van der Waals surface area contributed by atoms with Gasteiger partial charge in [-0.15, -0.1) is 0 Å². The summed E-state index contributed by atoms with van der Waals surface area (Å²) in [7, 11) is 0. The number of carbonyl (C=O) groups excluding carboxylic acids is 5. The average Bonchev–Trinajstić information content (AvgIpc) is 3.79. The maximum absolute atomic E-state index is 13.6. The van der Waals surface area contributed by atoms with Crippen molar-refractivity contribution in [3.8, 4) is 5.75 Å².